The maximum absolute atomic E-state index is 12.8. The van der Waals surface area contributed by atoms with Gasteiger partial charge in [0.25, 0.3) is 17.6 Å². The molecule has 0 bridgehead atoms. The Morgan fingerprint density at radius 2 is 2.24 bits per heavy atom. The average molecular weight is 489 g/mol. The minimum Gasteiger partial charge on any atom is -0.495 e. The largest absolute Gasteiger partial charge is 0.495 e. The van der Waals surface area contributed by atoms with Gasteiger partial charge < -0.3 is 30.4 Å². The number of rotatable bonds is 8. The highest BCUT2D eigenvalue weighted by Gasteiger charge is 2.43. The van der Waals surface area contributed by atoms with Crippen molar-refractivity contribution >= 4 is 29.1 Å². The number of nitrogens with zero attached hydrogens (tertiary/aromatic N) is 3. The van der Waals surface area contributed by atoms with Gasteiger partial charge >= 0.3 is 0 Å². The van der Waals surface area contributed by atoms with Crippen molar-refractivity contribution in [3.8, 4) is 11.8 Å². The van der Waals surface area contributed by atoms with E-state index in [9.17, 15) is 9.59 Å². The first kappa shape index (κ1) is 23.8. The molecule has 0 spiro atoms. The molecule has 4 N–H and O–H groups in total. The molecule has 2 aliphatic rings. The topological polar surface area (TPSA) is 165 Å². The van der Waals surface area contributed by atoms with Gasteiger partial charge in [-0.2, -0.15) is 10.2 Å². The van der Waals surface area contributed by atoms with E-state index in [1.165, 1.54) is 7.11 Å². The summed E-state index contributed by atoms with van der Waals surface area (Å²) in [6, 6.07) is 7.26. The number of nitrogens with two attached hydrogens (primary N) is 1. The maximum Gasteiger partial charge on any atom is 0.290 e. The molecule has 11 nitrogen and oxygen atoms in total. The molecule has 4 rings (SSSR count). The zero-order valence-electron chi connectivity index (χ0n) is 18.5. The number of carbonyl (C=O) groups excluding carboxylic acids is 2. The fraction of sp³-hybridized carbons (Fsp3) is 0.500. The number of benzene rings is 1. The molecule has 5 atom stereocenters. The third kappa shape index (κ3) is 5.24. The highest BCUT2D eigenvalue weighted by molar-refractivity contribution is 6.21. The van der Waals surface area contributed by atoms with Gasteiger partial charge in [0, 0.05) is 24.3 Å². The average Bonchev–Trinajstić information content (AvgIpc) is 3.31. The van der Waals surface area contributed by atoms with Crippen LogP contribution in [0.25, 0.3) is 0 Å². The van der Waals surface area contributed by atoms with Crippen LogP contribution >= 0.6 is 11.6 Å². The lowest BCUT2D eigenvalue weighted by Crippen LogP contribution is -2.56. The highest BCUT2D eigenvalue weighted by Crippen LogP contribution is 2.37. The van der Waals surface area contributed by atoms with E-state index >= 15 is 0 Å². The molecular weight excluding hydrogens is 464 g/mol. The van der Waals surface area contributed by atoms with Crippen LogP contribution in [0.1, 0.15) is 41.3 Å². The molecule has 1 aliphatic heterocycles. The number of primary amides is 1. The van der Waals surface area contributed by atoms with Crippen molar-refractivity contribution in [1.82, 2.24) is 15.5 Å². The van der Waals surface area contributed by atoms with E-state index in [-0.39, 0.29) is 53.6 Å². The zero-order valence-corrected chi connectivity index (χ0v) is 19.2. The molecule has 12 heteroatoms. The molecule has 2 aromatic rings. The van der Waals surface area contributed by atoms with Crippen LogP contribution in [-0.2, 0) is 16.1 Å². The van der Waals surface area contributed by atoms with E-state index in [1.54, 1.807) is 18.2 Å². The van der Waals surface area contributed by atoms with Crippen molar-refractivity contribution < 1.29 is 23.6 Å². The number of anilines is 1. The standard InChI is InChI=1S/C22H25ClN6O5/c1-32-17-6-14(3-2-11(17)8-24)26-9-13-4-12-5-15(23)18(7-16(12)27-22(13)31)33-10-19-28-21(20(25)30)29-34-19/h2-3,6,12-13,15-16,18,26H,4-5,7,9-10H2,1H3,(H2,25,30)(H,27,31). The predicted octanol–water partition coefficient (Wildman–Crippen LogP) is 1.57. The zero-order chi connectivity index (χ0) is 24.2. The molecule has 5 unspecified atom stereocenters. The summed E-state index contributed by atoms with van der Waals surface area (Å²) in [7, 11) is 1.51. The fourth-order valence-electron chi connectivity index (χ4n) is 4.48. The van der Waals surface area contributed by atoms with Crippen LogP contribution < -0.4 is 21.1 Å². The molecule has 1 aromatic carbocycles. The normalized spacial score (nSPS) is 26.1. The summed E-state index contributed by atoms with van der Waals surface area (Å²) < 4.78 is 16.0. The molecule has 1 saturated carbocycles. The van der Waals surface area contributed by atoms with Gasteiger partial charge in [-0.25, -0.2) is 0 Å². The van der Waals surface area contributed by atoms with Crippen LogP contribution in [0.15, 0.2) is 22.7 Å². The molecule has 1 aromatic heterocycles. The lowest BCUT2D eigenvalue weighted by Gasteiger charge is -2.44. The second-order valence-electron chi connectivity index (χ2n) is 8.43. The molecular formula is C22H25ClN6O5. The van der Waals surface area contributed by atoms with E-state index in [0.717, 1.165) is 5.69 Å². The van der Waals surface area contributed by atoms with Crippen LogP contribution in [0.5, 0.6) is 5.75 Å². The van der Waals surface area contributed by atoms with Gasteiger partial charge in [0.15, 0.2) is 0 Å². The Hall–Kier alpha value is -3.36. The number of carbonyl (C=O) groups is 2. The van der Waals surface area contributed by atoms with Gasteiger partial charge in [-0.3, -0.25) is 9.59 Å². The number of piperidine rings is 1. The lowest BCUT2D eigenvalue weighted by molar-refractivity contribution is -0.130. The van der Waals surface area contributed by atoms with E-state index < -0.39 is 5.91 Å². The van der Waals surface area contributed by atoms with E-state index in [0.29, 0.717) is 37.1 Å². The van der Waals surface area contributed by atoms with Crippen LogP contribution in [-0.4, -0.2) is 53.1 Å². The minimum absolute atomic E-state index is 0.0000976. The van der Waals surface area contributed by atoms with Gasteiger partial charge in [-0.05, 0) is 37.3 Å². The number of fused-ring (bicyclic) bond motifs is 1. The smallest absolute Gasteiger partial charge is 0.290 e. The molecule has 1 saturated heterocycles. The number of amides is 2. The van der Waals surface area contributed by atoms with Gasteiger partial charge in [0.1, 0.15) is 18.4 Å². The summed E-state index contributed by atoms with van der Waals surface area (Å²) in [5.74, 6) is -0.374. The van der Waals surface area contributed by atoms with Crippen molar-refractivity contribution in [2.45, 2.75) is 43.4 Å². The number of halogens is 1. The maximum atomic E-state index is 12.8. The van der Waals surface area contributed by atoms with Crippen molar-refractivity contribution in [3.05, 3.63) is 35.5 Å². The number of ether oxygens (including phenoxy) is 2. The summed E-state index contributed by atoms with van der Waals surface area (Å²) in [6.07, 6.45) is 1.65. The summed E-state index contributed by atoms with van der Waals surface area (Å²) in [5.41, 5.74) is 6.34. The SMILES string of the molecule is COc1cc(NCC2CC3CC(Cl)C(OCc4nc(C(N)=O)no4)CC3NC2=O)ccc1C#N. The quantitative estimate of drug-likeness (QED) is 0.467. The van der Waals surface area contributed by atoms with E-state index in [4.69, 9.17) is 36.6 Å². The van der Waals surface area contributed by atoms with Gasteiger partial charge in [0.05, 0.1) is 30.1 Å². The minimum atomic E-state index is -0.780. The summed E-state index contributed by atoms with van der Waals surface area (Å²) in [5, 5.41) is 18.7. The Morgan fingerprint density at radius 1 is 1.41 bits per heavy atom. The first-order valence-electron chi connectivity index (χ1n) is 10.9. The third-order valence-corrected chi connectivity index (χ3v) is 6.72. The van der Waals surface area contributed by atoms with E-state index in [1.807, 2.05) is 0 Å². The molecule has 2 heterocycles. The highest BCUT2D eigenvalue weighted by atomic mass is 35.5. The molecule has 180 valence electrons. The number of nitrogens with one attached hydrogen (secondary N) is 2. The van der Waals surface area contributed by atoms with E-state index in [2.05, 4.69) is 26.8 Å². The Bertz CT molecular complexity index is 1100. The van der Waals surface area contributed by atoms with Gasteiger partial charge in [-0.15, -0.1) is 11.6 Å². The number of nitriles is 1. The Kier molecular flexibility index (Phi) is 7.19. The van der Waals surface area contributed by atoms with Crippen LogP contribution in [0.3, 0.4) is 0 Å². The number of hydrogen-bond acceptors (Lipinski definition) is 9. The Morgan fingerprint density at radius 3 is 2.94 bits per heavy atom. The number of hydrogen-bond donors (Lipinski definition) is 3. The summed E-state index contributed by atoms with van der Waals surface area (Å²) in [4.78, 5) is 27.7. The molecule has 34 heavy (non-hydrogen) atoms. The van der Waals surface area contributed by atoms with Crippen molar-refractivity contribution in [2.24, 2.45) is 17.6 Å². The molecule has 2 fully saturated rings. The Balaban J connectivity index is 1.30. The third-order valence-electron chi connectivity index (χ3n) is 6.26. The second kappa shape index (κ2) is 10.3. The number of aromatic nitrogens is 2. The van der Waals surface area contributed by atoms with Crippen LogP contribution in [0.2, 0.25) is 0 Å². The lowest BCUT2D eigenvalue weighted by atomic mass is 9.74. The van der Waals surface area contributed by atoms with Crippen molar-refractivity contribution in [3.63, 3.8) is 0 Å². The Labute approximate surface area is 200 Å². The predicted molar refractivity (Wildman–Crippen MR) is 120 cm³/mol. The van der Waals surface area contributed by atoms with Gasteiger partial charge in [0.2, 0.25) is 5.91 Å². The van der Waals surface area contributed by atoms with Gasteiger partial charge in [-0.1, -0.05) is 5.16 Å². The van der Waals surface area contributed by atoms with Crippen molar-refractivity contribution in [2.75, 3.05) is 19.0 Å². The van der Waals surface area contributed by atoms with Crippen LogP contribution in [0.4, 0.5) is 5.69 Å². The molecule has 2 amide bonds. The molecule has 1 aliphatic carbocycles. The van der Waals surface area contributed by atoms with Crippen molar-refractivity contribution in [1.29, 1.82) is 5.26 Å². The molecule has 0 radical (unpaired) electrons. The monoisotopic (exact) mass is 488 g/mol. The summed E-state index contributed by atoms with van der Waals surface area (Å²) in [6.45, 7) is 0.455. The fourth-order valence-corrected chi connectivity index (χ4v) is 4.89. The number of alkyl halides is 1. The second-order valence-corrected chi connectivity index (χ2v) is 8.99. The number of methoxy groups -OCH3 is 1. The first-order valence-corrected chi connectivity index (χ1v) is 11.3. The van der Waals surface area contributed by atoms with Crippen LogP contribution in [0, 0.1) is 23.2 Å². The summed E-state index contributed by atoms with van der Waals surface area (Å²) >= 11 is 6.61. The first-order chi connectivity index (χ1) is 16.4.